The molecule has 0 N–H and O–H groups in total. The van der Waals surface area contributed by atoms with Gasteiger partial charge in [0.15, 0.2) is 0 Å². The van der Waals surface area contributed by atoms with E-state index in [1.54, 1.807) is 18.2 Å². The largest absolute Gasteiger partial charge is 0.440 e. The lowest BCUT2D eigenvalue weighted by molar-refractivity contribution is 0.383. The van der Waals surface area contributed by atoms with Crippen LogP contribution >= 0.6 is 34.8 Å². The second-order valence-corrected chi connectivity index (χ2v) is 5.30. The number of hydrogen-bond acceptors (Lipinski definition) is 2. The number of aliphatic imine (C=N–C) groups is 1. The third-order valence-electron chi connectivity index (χ3n) is 2.40. The van der Waals surface area contributed by atoms with Gasteiger partial charge in [0.2, 0.25) is 5.90 Å². The second kappa shape index (κ2) is 4.52. The fourth-order valence-electron chi connectivity index (χ4n) is 1.52. The molecule has 2 nitrogen and oxygen atoms in total. The van der Waals surface area contributed by atoms with Crippen LogP contribution in [0.5, 0.6) is 0 Å². The van der Waals surface area contributed by atoms with Gasteiger partial charge in [-0.1, -0.05) is 34.8 Å². The van der Waals surface area contributed by atoms with E-state index in [4.69, 9.17) is 39.5 Å². The highest BCUT2D eigenvalue weighted by Crippen LogP contribution is 2.32. The van der Waals surface area contributed by atoms with Crippen molar-refractivity contribution in [1.29, 1.82) is 0 Å². The molecule has 1 heterocycles. The Kier molecular flexibility index (Phi) is 3.39. The zero-order valence-electron chi connectivity index (χ0n) is 9.30. The summed E-state index contributed by atoms with van der Waals surface area (Å²) in [5.41, 5.74) is 1.67. The summed E-state index contributed by atoms with van der Waals surface area (Å²) >= 11 is 17.6. The molecule has 0 unspecified atom stereocenters. The first-order chi connectivity index (χ1) is 7.92. The van der Waals surface area contributed by atoms with E-state index in [1.165, 1.54) is 5.54 Å². The lowest BCUT2D eigenvalue weighted by Crippen LogP contribution is -2.15. The molecule has 0 saturated carbocycles. The molecule has 5 heteroatoms. The molecule has 1 aromatic rings. The Morgan fingerprint density at radius 3 is 2.24 bits per heavy atom. The van der Waals surface area contributed by atoms with Crippen LogP contribution in [0.15, 0.2) is 34.5 Å². The molecule has 0 bridgehead atoms. The molecule has 1 aliphatic rings. The van der Waals surface area contributed by atoms with Gasteiger partial charge in [0.1, 0.15) is 11.3 Å². The maximum absolute atomic E-state index is 5.93. The van der Waals surface area contributed by atoms with Gasteiger partial charge in [0, 0.05) is 21.1 Å². The van der Waals surface area contributed by atoms with Crippen molar-refractivity contribution in [2.24, 2.45) is 4.99 Å². The first kappa shape index (κ1) is 12.7. The van der Waals surface area contributed by atoms with E-state index in [9.17, 15) is 0 Å². The zero-order chi connectivity index (χ0) is 12.6. The van der Waals surface area contributed by atoms with E-state index >= 15 is 0 Å². The normalized spacial score (nSPS) is 20.3. The fourth-order valence-corrected chi connectivity index (χ4v) is 2.35. The standard InChI is InChI=1S/C12H10Cl3NO/c1-12(2)10(6-13)17-11(16-12)7-3-8(14)5-9(15)4-7/h3-6H,1-2H3. The molecule has 0 spiro atoms. The van der Waals surface area contributed by atoms with Crippen molar-refractivity contribution in [1.82, 2.24) is 0 Å². The van der Waals surface area contributed by atoms with Crippen molar-refractivity contribution in [2.45, 2.75) is 19.4 Å². The molecule has 2 rings (SSSR count). The summed E-state index contributed by atoms with van der Waals surface area (Å²) in [6.07, 6.45) is 0. The Balaban J connectivity index is 2.43. The fraction of sp³-hybridized carbons (Fsp3) is 0.250. The second-order valence-electron chi connectivity index (χ2n) is 4.21. The monoisotopic (exact) mass is 289 g/mol. The Hall–Kier alpha value is -0.700. The Morgan fingerprint density at radius 1 is 1.18 bits per heavy atom. The van der Waals surface area contributed by atoms with Crippen LogP contribution < -0.4 is 0 Å². The van der Waals surface area contributed by atoms with E-state index in [-0.39, 0.29) is 0 Å². The minimum absolute atomic E-state index is 0.466. The molecule has 0 amide bonds. The van der Waals surface area contributed by atoms with E-state index in [2.05, 4.69) is 4.99 Å². The highest BCUT2D eigenvalue weighted by atomic mass is 35.5. The summed E-state index contributed by atoms with van der Waals surface area (Å²) in [5, 5.41) is 1.08. The molecule has 0 saturated heterocycles. The quantitative estimate of drug-likeness (QED) is 0.739. The van der Waals surface area contributed by atoms with Crippen molar-refractivity contribution in [3.8, 4) is 0 Å². The number of halogens is 3. The van der Waals surface area contributed by atoms with E-state index < -0.39 is 5.54 Å². The minimum Gasteiger partial charge on any atom is -0.440 e. The maximum atomic E-state index is 5.93. The van der Waals surface area contributed by atoms with E-state index in [1.807, 2.05) is 13.8 Å². The Labute approximate surface area is 115 Å². The molecular formula is C12H10Cl3NO. The molecule has 0 aromatic heterocycles. The number of benzene rings is 1. The Bertz CT molecular complexity index is 500. The lowest BCUT2D eigenvalue weighted by atomic mass is 10.1. The third-order valence-corrected chi connectivity index (χ3v) is 3.03. The van der Waals surface area contributed by atoms with Crippen LogP contribution in [-0.4, -0.2) is 11.4 Å². The smallest absolute Gasteiger partial charge is 0.222 e. The SMILES string of the molecule is CC1(C)N=C(c2cc(Cl)cc(Cl)c2)OC1=CCl. The average Bonchev–Trinajstić information content (AvgIpc) is 2.52. The van der Waals surface area contributed by atoms with Gasteiger partial charge in [-0.25, -0.2) is 4.99 Å². The molecule has 0 aliphatic carbocycles. The van der Waals surface area contributed by atoms with E-state index in [0.29, 0.717) is 21.7 Å². The van der Waals surface area contributed by atoms with Crippen LogP contribution in [0.25, 0.3) is 0 Å². The minimum atomic E-state index is -0.466. The first-order valence-corrected chi connectivity index (χ1v) is 6.16. The molecule has 0 radical (unpaired) electrons. The highest BCUT2D eigenvalue weighted by Gasteiger charge is 2.33. The highest BCUT2D eigenvalue weighted by molar-refractivity contribution is 6.35. The molecule has 90 valence electrons. The summed E-state index contributed by atoms with van der Waals surface area (Å²) in [7, 11) is 0. The van der Waals surface area contributed by atoms with Crippen molar-refractivity contribution >= 4 is 40.7 Å². The van der Waals surface area contributed by atoms with Gasteiger partial charge in [-0.05, 0) is 32.0 Å². The van der Waals surface area contributed by atoms with Crippen molar-refractivity contribution in [2.75, 3.05) is 0 Å². The van der Waals surface area contributed by atoms with Gasteiger partial charge in [0.25, 0.3) is 0 Å². The van der Waals surface area contributed by atoms with Crippen LogP contribution in [0, 0.1) is 0 Å². The molecule has 0 atom stereocenters. The molecule has 1 aromatic carbocycles. The Morgan fingerprint density at radius 2 is 1.76 bits per heavy atom. The predicted octanol–water partition coefficient (Wildman–Crippen LogP) is 4.63. The van der Waals surface area contributed by atoms with Gasteiger partial charge < -0.3 is 4.74 Å². The number of rotatable bonds is 1. The summed E-state index contributed by atoms with van der Waals surface area (Å²) in [6.45, 7) is 3.83. The van der Waals surface area contributed by atoms with Crippen molar-refractivity contribution in [3.05, 3.63) is 45.1 Å². The third kappa shape index (κ3) is 2.59. The molecular weight excluding hydrogens is 280 g/mol. The number of ether oxygens (including phenoxy) is 1. The maximum Gasteiger partial charge on any atom is 0.222 e. The summed E-state index contributed by atoms with van der Waals surface area (Å²) in [4.78, 5) is 4.45. The van der Waals surface area contributed by atoms with Gasteiger partial charge in [-0.15, -0.1) is 0 Å². The summed E-state index contributed by atoms with van der Waals surface area (Å²) in [5.74, 6) is 1.08. The number of nitrogens with zero attached hydrogens (tertiary/aromatic N) is 1. The zero-order valence-corrected chi connectivity index (χ0v) is 11.6. The van der Waals surface area contributed by atoms with Crippen LogP contribution in [0.1, 0.15) is 19.4 Å². The van der Waals surface area contributed by atoms with Crippen LogP contribution in [-0.2, 0) is 4.74 Å². The summed E-state index contributed by atoms with van der Waals surface area (Å²) < 4.78 is 5.58. The van der Waals surface area contributed by atoms with Crippen molar-refractivity contribution in [3.63, 3.8) is 0 Å². The lowest BCUT2D eigenvalue weighted by Gasteiger charge is -2.11. The topological polar surface area (TPSA) is 21.6 Å². The van der Waals surface area contributed by atoms with Gasteiger partial charge in [-0.2, -0.15) is 0 Å². The van der Waals surface area contributed by atoms with Crippen LogP contribution in [0.2, 0.25) is 10.0 Å². The predicted molar refractivity (Wildman–Crippen MR) is 72.1 cm³/mol. The molecule has 0 fully saturated rings. The van der Waals surface area contributed by atoms with Crippen molar-refractivity contribution < 1.29 is 4.74 Å². The molecule has 17 heavy (non-hydrogen) atoms. The molecule has 1 aliphatic heterocycles. The first-order valence-electron chi connectivity index (χ1n) is 4.97. The van der Waals surface area contributed by atoms with Gasteiger partial charge in [-0.3, -0.25) is 0 Å². The van der Waals surface area contributed by atoms with Crippen LogP contribution in [0.3, 0.4) is 0 Å². The average molecular weight is 291 g/mol. The number of hydrogen-bond donors (Lipinski definition) is 0. The van der Waals surface area contributed by atoms with Gasteiger partial charge >= 0.3 is 0 Å². The van der Waals surface area contributed by atoms with E-state index in [0.717, 1.165) is 5.56 Å². The van der Waals surface area contributed by atoms with Crippen LogP contribution in [0.4, 0.5) is 0 Å². The van der Waals surface area contributed by atoms with Gasteiger partial charge in [0.05, 0.1) is 0 Å². The summed E-state index contributed by atoms with van der Waals surface area (Å²) in [6, 6.07) is 5.16.